The maximum atomic E-state index is 11.0. The number of anilines is 1. The highest BCUT2D eigenvalue weighted by molar-refractivity contribution is 7.99. The molecule has 0 spiro atoms. The molecule has 1 amide bonds. The number of nitrogens with one attached hydrogen (secondary N) is 1. The average Bonchev–Trinajstić information content (AvgIpc) is 2.59. The van der Waals surface area contributed by atoms with Crippen LogP contribution in [-0.2, 0) is 9.53 Å². The van der Waals surface area contributed by atoms with Crippen LogP contribution in [-0.4, -0.2) is 29.5 Å². The highest BCUT2D eigenvalue weighted by Crippen LogP contribution is 2.23. The third-order valence-corrected chi connectivity index (χ3v) is 4.90. The van der Waals surface area contributed by atoms with Crippen LogP contribution in [0.25, 0.3) is 0 Å². The number of ether oxygens (including phenoxy) is 1. The summed E-state index contributed by atoms with van der Waals surface area (Å²) in [6.45, 7) is 3.69. The molecule has 0 saturated heterocycles. The van der Waals surface area contributed by atoms with E-state index in [9.17, 15) is 9.90 Å². The Morgan fingerprint density at radius 2 is 1.84 bits per heavy atom. The highest BCUT2D eigenvalue weighted by atomic mass is 35.5. The van der Waals surface area contributed by atoms with E-state index in [-0.39, 0.29) is 18.6 Å². The Morgan fingerprint density at radius 1 is 1.20 bits per heavy atom. The Bertz CT molecular complexity index is 676. The van der Waals surface area contributed by atoms with Crippen LogP contribution in [0.4, 0.5) is 5.69 Å². The Balaban J connectivity index is 1.73. The summed E-state index contributed by atoms with van der Waals surface area (Å²) in [7, 11) is 0. The average molecular weight is 380 g/mol. The van der Waals surface area contributed by atoms with Crippen molar-refractivity contribution in [2.75, 3.05) is 17.7 Å². The molecule has 0 saturated carbocycles. The quantitative estimate of drug-likeness (QED) is 0.661. The number of rotatable bonds is 8. The van der Waals surface area contributed by atoms with Crippen LogP contribution in [0.15, 0.2) is 53.4 Å². The van der Waals surface area contributed by atoms with Crippen LogP contribution < -0.4 is 5.32 Å². The molecule has 0 unspecified atom stereocenters. The van der Waals surface area contributed by atoms with Crippen LogP contribution in [0.3, 0.4) is 0 Å². The van der Waals surface area contributed by atoms with Crippen LogP contribution in [0, 0.1) is 0 Å². The molecule has 6 heteroatoms. The lowest BCUT2D eigenvalue weighted by atomic mass is 10.1. The van der Waals surface area contributed by atoms with Crippen LogP contribution in [0.2, 0.25) is 5.02 Å². The number of benzene rings is 2. The fourth-order valence-electron chi connectivity index (χ4n) is 2.16. The molecule has 0 aliphatic heterocycles. The third kappa shape index (κ3) is 7.08. The van der Waals surface area contributed by atoms with Crippen molar-refractivity contribution in [2.24, 2.45) is 0 Å². The second kappa shape index (κ2) is 9.82. The maximum absolute atomic E-state index is 11.0. The van der Waals surface area contributed by atoms with Gasteiger partial charge in [0.25, 0.3) is 0 Å². The number of halogens is 1. The Hall–Kier alpha value is -1.53. The number of carbonyl (C=O) groups is 1. The first-order valence-electron chi connectivity index (χ1n) is 7.99. The first kappa shape index (κ1) is 19.8. The van der Waals surface area contributed by atoms with E-state index in [1.807, 2.05) is 55.5 Å². The number of aliphatic hydroxyl groups excluding tert-OH is 1. The summed E-state index contributed by atoms with van der Waals surface area (Å²) in [5.74, 6) is 0.440. The van der Waals surface area contributed by atoms with Crippen molar-refractivity contribution in [2.45, 2.75) is 31.0 Å². The smallest absolute Gasteiger partial charge is 0.221 e. The molecule has 4 nitrogen and oxygen atoms in total. The normalized spacial score (nSPS) is 13.3. The van der Waals surface area contributed by atoms with Crippen molar-refractivity contribution in [3.8, 4) is 0 Å². The van der Waals surface area contributed by atoms with E-state index in [0.717, 1.165) is 16.1 Å². The summed E-state index contributed by atoms with van der Waals surface area (Å²) in [6, 6.07) is 15.0. The summed E-state index contributed by atoms with van der Waals surface area (Å²) in [5, 5.41) is 13.5. The molecule has 0 bridgehead atoms. The lowest BCUT2D eigenvalue weighted by molar-refractivity contribution is -0.114. The van der Waals surface area contributed by atoms with Gasteiger partial charge in [-0.3, -0.25) is 4.79 Å². The van der Waals surface area contributed by atoms with Gasteiger partial charge in [0.1, 0.15) is 0 Å². The van der Waals surface area contributed by atoms with Gasteiger partial charge < -0.3 is 15.2 Å². The lowest BCUT2D eigenvalue weighted by Gasteiger charge is -2.17. The molecule has 134 valence electrons. The summed E-state index contributed by atoms with van der Waals surface area (Å²) >= 11 is 7.42. The minimum atomic E-state index is -0.560. The SMILES string of the molecule is CC(=O)Nc1ccc(SC[C@@H](O)CO[C@H](C)c2ccc(Cl)cc2)cc1. The molecule has 0 aliphatic rings. The lowest BCUT2D eigenvalue weighted by Crippen LogP contribution is -2.19. The van der Waals surface area contributed by atoms with Gasteiger partial charge in [-0.15, -0.1) is 11.8 Å². The molecule has 0 aromatic heterocycles. The topological polar surface area (TPSA) is 58.6 Å². The van der Waals surface area contributed by atoms with Crippen LogP contribution in [0.5, 0.6) is 0 Å². The number of aliphatic hydroxyl groups is 1. The monoisotopic (exact) mass is 379 g/mol. The summed E-state index contributed by atoms with van der Waals surface area (Å²) < 4.78 is 5.73. The summed E-state index contributed by atoms with van der Waals surface area (Å²) in [5.41, 5.74) is 1.79. The van der Waals surface area contributed by atoms with Gasteiger partial charge in [0.15, 0.2) is 0 Å². The largest absolute Gasteiger partial charge is 0.390 e. The molecule has 2 aromatic carbocycles. The fraction of sp³-hybridized carbons (Fsp3) is 0.316. The molecule has 2 atom stereocenters. The number of hydrogen-bond acceptors (Lipinski definition) is 4. The molecular formula is C19H22ClNO3S. The van der Waals surface area contributed by atoms with E-state index < -0.39 is 6.10 Å². The van der Waals surface area contributed by atoms with E-state index in [0.29, 0.717) is 10.8 Å². The Morgan fingerprint density at radius 3 is 2.44 bits per heavy atom. The van der Waals surface area contributed by atoms with Crippen molar-refractivity contribution in [1.29, 1.82) is 0 Å². The summed E-state index contributed by atoms with van der Waals surface area (Å²) in [4.78, 5) is 12.0. The summed E-state index contributed by atoms with van der Waals surface area (Å²) in [6.07, 6.45) is -0.663. The van der Waals surface area contributed by atoms with Crippen LogP contribution >= 0.6 is 23.4 Å². The van der Waals surface area contributed by atoms with Crippen molar-refractivity contribution >= 4 is 35.0 Å². The molecule has 2 aromatic rings. The van der Waals surface area contributed by atoms with E-state index in [4.69, 9.17) is 16.3 Å². The van der Waals surface area contributed by atoms with Crippen molar-refractivity contribution in [3.05, 3.63) is 59.1 Å². The molecule has 0 radical (unpaired) electrons. The van der Waals surface area contributed by atoms with Gasteiger partial charge in [0, 0.05) is 28.3 Å². The zero-order chi connectivity index (χ0) is 18.2. The second-order valence-electron chi connectivity index (χ2n) is 5.70. The minimum Gasteiger partial charge on any atom is -0.390 e. The van der Waals surface area contributed by atoms with E-state index in [2.05, 4.69) is 5.32 Å². The Kier molecular flexibility index (Phi) is 7.78. The molecule has 0 heterocycles. The second-order valence-corrected chi connectivity index (χ2v) is 7.23. The number of hydrogen-bond donors (Lipinski definition) is 2. The third-order valence-electron chi connectivity index (χ3n) is 3.50. The van der Waals surface area contributed by atoms with Gasteiger partial charge in [-0.05, 0) is 48.9 Å². The van der Waals surface area contributed by atoms with Gasteiger partial charge >= 0.3 is 0 Å². The predicted octanol–water partition coefficient (Wildman–Crippen LogP) is 4.53. The molecule has 2 N–H and O–H groups in total. The fourth-order valence-corrected chi connectivity index (χ4v) is 3.10. The molecule has 2 rings (SSSR count). The highest BCUT2D eigenvalue weighted by Gasteiger charge is 2.10. The molecule has 25 heavy (non-hydrogen) atoms. The molecular weight excluding hydrogens is 358 g/mol. The minimum absolute atomic E-state index is 0.0946. The van der Waals surface area contributed by atoms with Gasteiger partial charge in [-0.1, -0.05) is 23.7 Å². The molecule has 0 aliphatic carbocycles. The first-order valence-corrected chi connectivity index (χ1v) is 9.36. The van der Waals surface area contributed by atoms with Crippen molar-refractivity contribution < 1.29 is 14.6 Å². The number of carbonyl (C=O) groups excluding carboxylic acids is 1. The zero-order valence-corrected chi connectivity index (χ0v) is 15.8. The van der Waals surface area contributed by atoms with Gasteiger partial charge in [0.05, 0.1) is 18.8 Å². The maximum Gasteiger partial charge on any atom is 0.221 e. The number of thioether (sulfide) groups is 1. The van der Waals surface area contributed by atoms with Gasteiger partial charge in [0.2, 0.25) is 5.91 Å². The van der Waals surface area contributed by atoms with Crippen molar-refractivity contribution in [1.82, 2.24) is 0 Å². The number of amides is 1. The standard InChI is InChI=1S/C19H22ClNO3S/c1-13(15-3-5-16(20)6-4-15)24-11-18(23)12-25-19-9-7-17(8-10-19)21-14(2)22/h3-10,13,18,23H,11-12H2,1-2H3,(H,21,22)/t13-,18+/m1/s1. The van der Waals surface area contributed by atoms with Gasteiger partial charge in [-0.2, -0.15) is 0 Å². The zero-order valence-electron chi connectivity index (χ0n) is 14.2. The van der Waals surface area contributed by atoms with E-state index >= 15 is 0 Å². The molecule has 0 fully saturated rings. The van der Waals surface area contributed by atoms with Gasteiger partial charge in [-0.25, -0.2) is 0 Å². The Labute approximate surface area is 157 Å². The first-order chi connectivity index (χ1) is 11.9. The van der Waals surface area contributed by atoms with Crippen LogP contribution in [0.1, 0.15) is 25.5 Å². The predicted molar refractivity (Wildman–Crippen MR) is 103 cm³/mol. The van der Waals surface area contributed by atoms with Crippen molar-refractivity contribution in [3.63, 3.8) is 0 Å². The van der Waals surface area contributed by atoms with E-state index in [1.165, 1.54) is 6.92 Å². The van der Waals surface area contributed by atoms with E-state index in [1.54, 1.807) is 11.8 Å².